The average Bonchev–Trinajstić information content (AvgIpc) is 2.98. The van der Waals surface area contributed by atoms with Gasteiger partial charge in [-0.3, -0.25) is 9.78 Å². The molecule has 2 rings (SSSR count). The minimum Gasteiger partial charge on any atom is -0.472 e. The van der Waals surface area contributed by atoms with Crippen molar-refractivity contribution in [3.8, 4) is 0 Å². The molecule has 0 atom stereocenters. The van der Waals surface area contributed by atoms with Crippen LogP contribution in [0.1, 0.15) is 35.7 Å². The van der Waals surface area contributed by atoms with Gasteiger partial charge in [-0.05, 0) is 24.1 Å². The number of rotatable bonds is 6. The Morgan fingerprint density at radius 1 is 1.42 bits per heavy atom. The highest BCUT2D eigenvalue weighted by Crippen LogP contribution is 2.11. The molecule has 1 amide bonds. The third-order valence-corrected chi connectivity index (χ3v) is 2.93. The number of carbonyl (C=O) groups excluding carboxylic acids is 1. The molecular formula is C15H18N2O2. The van der Waals surface area contributed by atoms with Gasteiger partial charge in [0.15, 0.2) is 0 Å². The molecule has 19 heavy (non-hydrogen) atoms. The molecule has 0 aromatic carbocycles. The fraction of sp³-hybridized carbons (Fsp3) is 0.333. The summed E-state index contributed by atoms with van der Waals surface area (Å²) in [5, 5.41) is 0. The van der Waals surface area contributed by atoms with Gasteiger partial charge in [0.25, 0.3) is 5.91 Å². The van der Waals surface area contributed by atoms with Crippen LogP contribution < -0.4 is 0 Å². The molecule has 0 saturated heterocycles. The number of hydrogen-bond donors (Lipinski definition) is 0. The molecule has 4 nitrogen and oxygen atoms in total. The van der Waals surface area contributed by atoms with Gasteiger partial charge in [0.2, 0.25) is 0 Å². The first-order valence-electron chi connectivity index (χ1n) is 6.51. The molecule has 0 unspecified atom stereocenters. The Kier molecular flexibility index (Phi) is 4.72. The summed E-state index contributed by atoms with van der Waals surface area (Å²) in [5.41, 5.74) is 1.63. The second kappa shape index (κ2) is 6.73. The number of carbonyl (C=O) groups is 1. The largest absolute Gasteiger partial charge is 0.472 e. The zero-order valence-electron chi connectivity index (χ0n) is 11.1. The summed E-state index contributed by atoms with van der Waals surface area (Å²) in [6.45, 7) is 3.44. The molecule has 0 aliphatic rings. The topological polar surface area (TPSA) is 46.3 Å². The molecule has 2 aromatic rings. The van der Waals surface area contributed by atoms with Crippen molar-refractivity contribution in [3.05, 3.63) is 54.2 Å². The van der Waals surface area contributed by atoms with Crippen LogP contribution in [0.2, 0.25) is 0 Å². The Morgan fingerprint density at radius 2 is 2.32 bits per heavy atom. The van der Waals surface area contributed by atoms with Gasteiger partial charge in [-0.15, -0.1) is 0 Å². The van der Waals surface area contributed by atoms with Crippen molar-refractivity contribution in [2.24, 2.45) is 0 Å². The van der Waals surface area contributed by atoms with E-state index in [0.717, 1.165) is 24.9 Å². The molecule has 2 heterocycles. The van der Waals surface area contributed by atoms with E-state index in [1.165, 1.54) is 12.5 Å². The number of pyridine rings is 1. The Labute approximate surface area is 113 Å². The lowest BCUT2D eigenvalue weighted by molar-refractivity contribution is 0.0740. The van der Waals surface area contributed by atoms with E-state index in [4.69, 9.17) is 4.42 Å². The van der Waals surface area contributed by atoms with Crippen LogP contribution >= 0.6 is 0 Å². The molecule has 0 aliphatic carbocycles. The molecule has 100 valence electrons. The van der Waals surface area contributed by atoms with Crippen molar-refractivity contribution in [2.45, 2.75) is 26.3 Å². The van der Waals surface area contributed by atoms with Crippen LogP contribution in [0.4, 0.5) is 0 Å². The minimum absolute atomic E-state index is 0.00560. The SMILES string of the molecule is CCCCN(Cc1cccnc1)C(=O)c1ccoc1. The third kappa shape index (κ3) is 3.68. The zero-order valence-corrected chi connectivity index (χ0v) is 11.1. The maximum Gasteiger partial charge on any atom is 0.257 e. The number of nitrogens with zero attached hydrogens (tertiary/aromatic N) is 2. The second-order valence-corrected chi connectivity index (χ2v) is 4.45. The van der Waals surface area contributed by atoms with Crippen molar-refractivity contribution in [3.63, 3.8) is 0 Å². The van der Waals surface area contributed by atoms with Crippen molar-refractivity contribution in [2.75, 3.05) is 6.54 Å². The van der Waals surface area contributed by atoms with Crippen LogP contribution in [-0.2, 0) is 6.54 Å². The van der Waals surface area contributed by atoms with Gasteiger partial charge in [0, 0.05) is 25.5 Å². The summed E-state index contributed by atoms with van der Waals surface area (Å²) >= 11 is 0. The molecule has 0 N–H and O–H groups in total. The lowest BCUT2D eigenvalue weighted by atomic mass is 10.2. The molecule has 0 fully saturated rings. The molecule has 0 bridgehead atoms. The van der Waals surface area contributed by atoms with E-state index >= 15 is 0 Å². The molecule has 0 aliphatic heterocycles. The van der Waals surface area contributed by atoms with Crippen LogP contribution in [0.3, 0.4) is 0 Å². The monoisotopic (exact) mass is 258 g/mol. The fourth-order valence-electron chi connectivity index (χ4n) is 1.88. The van der Waals surface area contributed by atoms with Crippen LogP contribution in [0, 0.1) is 0 Å². The number of amides is 1. The van der Waals surface area contributed by atoms with Crippen molar-refractivity contribution in [1.82, 2.24) is 9.88 Å². The molecule has 0 radical (unpaired) electrons. The standard InChI is InChI=1S/C15H18N2O2/c1-2-3-8-17(11-13-5-4-7-16-10-13)15(18)14-6-9-19-12-14/h4-7,9-10,12H,2-3,8,11H2,1H3. The minimum atomic E-state index is 0.00560. The van der Waals surface area contributed by atoms with E-state index in [-0.39, 0.29) is 5.91 Å². The summed E-state index contributed by atoms with van der Waals surface area (Å²) in [6, 6.07) is 5.56. The first-order valence-corrected chi connectivity index (χ1v) is 6.51. The first-order chi connectivity index (χ1) is 9.31. The van der Waals surface area contributed by atoms with E-state index in [1.54, 1.807) is 18.5 Å². The summed E-state index contributed by atoms with van der Waals surface area (Å²) in [5.74, 6) is 0.00560. The summed E-state index contributed by atoms with van der Waals surface area (Å²) in [6.07, 6.45) is 8.59. The van der Waals surface area contributed by atoms with E-state index < -0.39 is 0 Å². The van der Waals surface area contributed by atoms with Gasteiger partial charge in [0.1, 0.15) is 6.26 Å². The highest BCUT2D eigenvalue weighted by atomic mass is 16.3. The number of furan rings is 1. The van der Waals surface area contributed by atoms with Crippen molar-refractivity contribution < 1.29 is 9.21 Å². The van der Waals surface area contributed by atoms with Gasteiger partial charge in [-0.1, -0.05) is 19.4 Å². The van der Waals surface area contributed by atoms with Crippen molar-refractivity contribution >= 4 is 5.91 Å². The molecular weight excluding hydrogens is 240 g/mol. The predicted octanol–water partition coefficient (Wildman–Crippen LogP) is 3.12. The number of hydrogen-bond acceptors (Lipinski definition) is 3. The lowest BCUT2D eigenvalue weighted by Crippen LogP contribution is -2.31. The fourth-order valence-corrected chi connectivity index (χ4v) is 1.88. The van der Waals surface area contributed by atoms with Crippen molar-refractivity contribution in [1.29, 1.82) is 0 Å². The van der Waals surface area contributed by atoms with Gasteiger partial charge in [0.05, 0.1) is 11.8 Å². The highest BCUT2D eigenvalue weighted by molar-refractivity contribution is 5.93. The summed E-state index contributed by atoms with van der Waals surface area (Å²) in [7, 11) is 0. The van der Waals surface area contributed by atoms with Gasteiger partial charge < -0.3 is 9.32 Å². The Morgan fingerprint density at radius 3 is 2.95 bits per heavy atom. The lowest BCUT2D eigenvalue weighted by Gasteiger charge is -2.21. The first kappa shape index (κ1) is 13.3. The van der Waals surface area contributed by atoms with Crippen LogP contribution in [-0.4, -0.2) is 22.3 Å². The number of unbranched alkanes of at least 4 members (excludes halogenated alkanes) is 1. The van der Waals surface area contributed by atoms with E-state index in [9.17, 15) is 4.79 Å². The normalized spacial score (nSPS) is 10.4. The number of aromatic nitrogens is 1. The Hall–Kier alpha value is -2.10. The van der Waals surface area contributed by atoms with E-state index in [0.29, 0.717) is 12.1 Å². The molecule has 2 aromatic heterocycles. The summed E-state index contributed by atoms with van der Waals surface area (Å²) < 4.78 is 4.98. The summed E-state index contributed by atoms with van der Waals surface area (Å²) in [4.78, 5) is 18.3. The van der Waals surface area contributed by atoms with E-state index in [1.807, 2.05) is 17.0 Å². The Balaban J connectivity index is 2.09. The predicted molar refractivity (Wildman–Crippen MR) is 72.6 cm³/mol. The highest BCUT2D eigenvalue weighted by Gasteiger charge is 2.16. The van der Waals surface area contributed by atoms with Gasteiger partial charge in [-0.2, -0.15) is 0 Å². The maximum absolute atomic E-state index is 12.4. The van der Waals surface area contributed by atoms with Gasteiger partial charge in [-0.25, -0.2) is 0 Å². The molecule has 4 heteroatoms. The molecule has 0 spiro atoms. The van der Waals surface area contributed by atoms with Crippen LogP contribution in [0.25, 0.3) is 0 Å². The smallest absolute Gasteiger partial charge is 0.257 e. The quantitative estimate of drug-likeness (QED) is 0.799. The third-order valence-electron chi connectivity index (χ3n) is 2.93. The second-order valence-electron chi connectivity index (χ2n) is 4.45. The molecule has 0 saturated carbocycles. The Bertz CT molecular complexity index is 494. The van der Waals surface area contributed by atoms with E-state index in [2.05, 4.69) is 11.9 Å². The van der Waals surface area contributed by atoms with Crippen LogP contribution in [0.15, 0.2) is 47.5 Å². The van der Waals surface area contributed by atoms with Crippen LogP contribution in [0.5, 0.6) is 0 Å². The zero-order chi connectivity index (χ0) is 13.5. The average molecular weight is 258 g/mol. The maximum atomic E-state index is 12.4. The van der Waals surface area contributed by atoms with Gasteiger partial charge >= 0.3 is 0 Å².